The molecular formula is C11H7Br2FOS. The van der Waals surface area contributed by atoms with Gasteiger partial charge in [-0.1, -0.05) is 22.0 Å². The molecule has 2 aromatic rings. The molecule has 0 amide bonds. The molecule has 1 unspecified atom stereocenters. The van der Waals surface area contributed by atoms with Crippen molar-refractivity contribution in [3.05, 3.63) is 54.8 Å². The highest BCUT2D eigenvalue weighted by molar-refractivity contribution is 9.10. The van der Waals surface area contributed by atoms with E-state index in [1.54, 1.807) is 12.1 Å². The Morgan fingerprint density at radius 1 is 1.19 bits per heavy atom. The highest BCUT2D eigenvalue weighted by Gasteiger charge is 2.21. The van der Waals surface area contributed by atoms with Crippen molar-refractivity contribution in [2.45, 2.75) is 6.10 Å². The fraction of sp³-hybridized carbons (Fsp3) is 0.0909. The normalized spacial score (nSPS) is 12.8. The van der Waals surface area contributed by atoms with E-state index in [-0.39, 0.29) is 5.56 Å². The summed E-state index contributed by atoms with van der Waals surface area (Å²) in [6.45, 7) is 0. The minimum atomic E-state index is -0.954. The minimum Gasteiger partial charge on any atom is -0.383 e. The number of halogens is 3. The van der Waals surface area contributed by atoms with Crippen LogP contribution in [-0.2, 0) is 0 Å². The molecule has 1 N–H and O–H groups in total. The average Bonchev–Trinajstić information content (AvgIpc) is 2.64. The zero-order valence-corrected chi connectivity index (χ0v) is 11.9. The molecule has 0 fully saturated rings. The van der Waals surface area contributed by atoms with Crippen LogP contribution in [0.4, 0.5) is 4.39 Å². The average molecular weight is 366 g/mol. The minimum absolute atomic E-state index is 0.269. The first-order valence-corrected chi connectivity index (χ1v) is 6.92. The second-order valence-corrected chi connectivity index (χ2v) is 5.83. The van der Waals surface area contributed by atoms with Crippen LogP contribution in [0, 0.1) is 5.82 Å². The number of rotatable bonds is 2. The van der Waals surface area contributed by atoms with Crippen LogP contribution in [0.25, 0.3) is 0 Å². The standard InChI is InChI=1S/C11H7Br2FOS/c12-6-2-1-3-8(14)9(6)10(15)11-7(13)4-5-16-11/h1-5,10,15H. The van der Waals surface area contributed by atoms with Gasteiger partial charge in [-0.25, -0.2) is 4.39 Å². The predicted molar refractivity (Wildman–Crippen MR) is 70.2 cm³/mol. The summed E-state index contributed by atoms with van der Waals surface area (Å²) in [6.07, 6.45) is -0.954. The summed E-state index contributed by atoms with van der Waals surface area (Å²) >= 11 is 7.96. The molecule has 0 saturated heterocycles. The summed E-state index contributed by atoms with van der Waals surface area (Å²) < 4.78 is 15.0. The van der Waals surface area contributed by atoms with Crippen LogP contribution in [0.2, 0.25) is 0 Å². The number of aliphatic hydroxyl groups is 1. The van der Waals surface area contributed by atoms with E-state index in [1.165, 1.54) is 17.4 Å². The molecule has 1 nitrogen and oxygen atoms in total. The number of benzene rings is 1. The third-order valence-electron chi connectivity index (χ3n) is 2.17. The molecule has 16 heavy (non-hydrogen) atoms. The first-order chi connectivity index (χ1) is 7.61. The fourth-order valence-corrected chi connectivity index (χ4v) is 3.54. The Balaban J connectivity index is 2.49. The van der Waals surface area contributed by atoms with Crippen molar-refractivity contribution in [2.24, 2.45) is 0 Å². The maximum absolute atomic E-state index is 13.6. The summed E-state index contributed by atoms with van der Waals surface area (Å²) in [5.74, 6) is -0.415. The molecule has 0 aliphatic rings. The highest BCUT2D eigenvalue weighted by atomic mass is 79.9. The summed E-state index contributed by atoms with van der Waals surface area (Å²) in [7, 11) is 0. The maximum Gasteiger partial charge on any atom is 0.130 e. The SMILES string of the molecule is OC(c1sccc1Br)c1c(F)cccc1Br. The van der Waals surface area contributed by atoms with E-state index in [2.05, 4.69) is 31.9 Å². The summed E-state index contributed by atoms with van der Waals surface area (Å²) in [5.41, 5.74) is 0.269. The van der Waals surface area contributed by atoms with Gasteiger partial charge in [0, 0.05) is 14.5 Å². The van der Waals surface area contributed by atoms with Crippen LogP contribution >= 0.6 is 43.2 Å². The summed E-state index contributed by atoms with van der Waals surface area (Å²) in [6, 6.07) is 6.48. The maximum atomic E-state index is 13.6. The van der Waals surface area contributed by atoms with Crippen LogP contribution in [0.3, 0.4) is 0 Å². The van der Waals surface area contributed by atoms with E-state index in [4.69, 9.17) is 0 Å². The van der Waals surface area contributed by atoms with Crippen LogP contribution in [0.5, 0.6) is 0 Å². The monoisotopic (exact) mass is 364 g/mol. The van der Waals surface area contributed by atoms with Gasteiger partial charge in [0.25, 0.3) is 0 Å². The van der Waals surface area contributed by atoms with E-state index in [9.17, 15) is 9.50 Å². The lowest BCUT2D eigenvalue weighted by Gasteiger charge is -2.12. The molecule has 0 radical (unpaired) electrons. The van der Waals surface area contributed by atoms with Crippen molar-refractivity contribution in [2.75, 3.05) is 0 Å². The quantitative estimate of drug-likeness (QED) is 0.831. The van der Waals surface area contributed by atoms with Crippen LogP contribution in [0.15, 0.2) is 38.6 Å². The third-order valence-corrected chi connectivity index (χ3v) is 4.78. The van der Waals surface area contributed by atoms with Crippen molar-refractivity contribution >= 4 is 43.2 Å². The van der Waals surface area contributed by atoms with Crippen LogP contribution < -0.4 is 0 Å². The number of hydrogen-bond donors (Lipinski definition) is 1. The topological polar surface area (TPSA) is 20.2 Å². The van der Waals surface area contributed by atoms with Gasteiger partial charge in [0.15, 0.2) is 0 Å². The van der Waals surface area contributed by atoms with Gasteiger partial charge >= 0.3 is 0 Å². The lowest BCUT2D eigenvalue weighted by Crippen LogP contribution is -2.02. The van der Waals surface area contributed by atoms with E-state index in [0.717, 1.165) is 4.47 Å². The Bertz CT molecular complexity index is 492. The van der Waals surface area contributed by atoms with Crippen molar-refractivity contribution in [1.29, 1.82) is 0 Å². The van der Waals surface area contributed by atoms with Crippen molar-refractivity contribution in [3.8, 4) is 0 Å². The second-order valence-electron chi connectivity index (χ2n) is 3.17. The van der Waals surface area contributed by atoms with E-state index < -0.39 is 11.9 Å². The molecule has 84 valence electrons. The number of aliphatic hydroxyl groups excluding tert-OH is 1. The Labute approximate surface area is 113 Å². The van der Waals surface area contributed by atoms with Gasteiger partial charge in [0.05, 0.1) is 4.88 Å². The van der Waals surface area contributed by atoms with Gasteiger partial charge in [-0.15, -0.1) is 11.3 Å². The first-order valence-electron chi connectivity index (χ1n) is 4.46. The Morgan fingerprint density at radius 3 is 2.50 bits per heavy atom. The van der Waals surface area contributed by atoms with Crippen molar-refractivity contribution < 1.29 is 9.50 Å². The van der Waals surface area contributed by atoms with Crippen molar-refractivity contribution in [1.82, 2.24) is 0 Å². The molecule has 0 bridgehead atoms. The Kier molecular flexibility index (Phi) is 3.79. The zero-order chi connectivity index (χ0) is 11.7. The Hall–Kier alpha value is -0.230. The highest BCUT2D eigenvalue weighted by Crippen LogP contribution is 2.36. The molecule has 5 heteroatoms. The lowest BCUT2D eigenvalue weighted by atomic mass is 10.1. The van der Waals surface area contributed by atoms with Crippen LogP contribution in [-0.4, -0.2) is 5.11 Å². The predicted octanol–water partition coefficient (Wildman–Crippen LogP) is 4.49. The summed E-state index contributed by atoms with van der Waals surface area (Å²) in [4.78, 5) is 0.700. The molecule has 2 rings (SSSR count). The van der Waals surface area contributed by atoms with Gasteiger partial charge in [0.2, 0.25) is 0 Å². The van der Waals surface area contributed by atoms with E-state index >= 15 is 0 Å². The molecule has 1 heterocycles. The third kappa shape index (κ3) is 2.22. The molecule has 1 atom stereocenters. The molecule has 0 saturated carbocycles. The van der Waals surface area contributed by atoms with Gasteiger partial charge in [0.1, 0.15) is 11.9 Å². The molecule has 0 aliphatic heterocycles. The van der Waals surface area contributed by atoms with Crippen LogP contribution in [0.1, 0.15) is 16.5 Å². The second kappa shape index (κ2) is 4.96. The van der Waals surface area contributed by atoms with E-state index in [0.29, 0.717) is 9.35 Å². The smallest absolute Gasteiger partial charge is 0.130 e. The van der Waals surface area contributed by atoms with Gasteiger partial charge in [-0.2, -0.15) is 0 Å². The molecular weight excluding hydrogens is 359 g/mol. The number of thiophene rings is 1. The van der Waals surface area contributed by atoms with Gasteiger partial charge in [-0.05, 0) is 39.5 Å². The molecule has 0 aliphatic carbocycles. The first kappa shape index (κ1) is 12.2. The van der Waals surface area contributed by atoms with Crippen molar-refractivity contribution in [3.63, 3.8) is 0 Å². The lowest BCUT2D eigenvalue weighted by molar-refractivity contribution is 0.217. The van der Waals surface area contributed by atoms with E-state index in [1.807, 2.05) is 11.4 Å². The fourth-order valence-electron chi connectivity index (χ4n) is 1.40. The Morgan fingerprint density at radius 2 is 1.94 bits per heavy atom. The number of hydrogen-bond acceptors (Lipinski definition) is 2. The molecule has 1 aromatic carbocycles. The molecule has 1 aromatic heterocycles. The zero-order valence-electron chi connectivity index (χ0n) is 7.95. The van der Waals surface area contributed by atoms with Gasteiger partial charge in [-0.3, -0.25) is 0 Å². The molecule has 0 spiro atoms. The largest absolute Gasteiger partial charge is 0.383 e. The van der Waals surface area contributed by atoms with Gasteiger partial charge < -0.3 is 5.11 Å². The summed E-state index contributed by atoms with van der Waals surface area (Å²) in [5, 5.41) is 12.0.